The number of ether oxygens (including phenoxy) is 1. The van der Waals surface area contributed by atoms with Crippen LogP contribution in [0.5, 0.6) is 0 Å². The van der Waals surface area contributed by atoms with Crippen molar-refractivity contribution in [2.75, 3.05) is 38.3 Å². The average Bonchev–Trinajstić information content (AvgIpc) is 2.68. The minimum atomic E-state index is -0.494. The van der Waals surface area contributed by atoms with Crippen molar-refractivity contribution in [1.82, 2.24) is 4.90 Å². The summed E-state index contributed by atoms with van der Waals surface area (Å²) in [5, 5.41) is 0. The summed E-state index contributed by atoms with van der Waals surface area (Å²) in [7, 11) is 1.66. The van der Waals surface area contributed by atoms with Crippen LogP contribution < -0.4 is 4.90 Å². The fraction of sp³-hybridized carbons (Fsp3) is 0.333. The summed E-state index contributed by atoms with van der Waals surface area (Å²) in [6, 6.07) is 15.2. The second-order valence-corrected chi connectivity index (χ2v) is 6.62. The standard InChI is InChI=1S/C21H24N2O3/c1-16-3-7-18(8-4-16)20(24)21(25)22(2)15-17-5-9-19(10-6-17)23-11-13-26-14-12-23/h3-10H,11-15H2,1-2H3. The summed E-state index contributed by atoms with van der Waals surface area (Å²) in [5.41, 5.74) is 3.63. The van der Waals surface area contributed by atoms with E-state index >= 15 is 0 Å². The van der Waals surface area contributed by atoms with E-state index in [0.29, 0.717) is 12.1 Å². The fourth-order valence-corrected chi connectivity index (χ4v) is 2.98. The Morgan fingerprint density at radius 3 is 2.23 bits per heavy atom. The number of aryl methyl sites for hydroxylation is 1. The van der Waals surface area contributed by atoms with Crippen LogP contribution in [0.3, 0.4) is 0 Å². The molecule has 0 radical (unpaired) electrons. The van der Waals surface area contributed by atoms with Gasteiger partial charge in [-0.15, -0.1) is 0 Å². The summed E-state index contributed by atoms with van der Waals surface area (Å²) in [5.74, 6) is -0.969. The summed E-state index contributed by atoms with van der Waals surface area (Å²) >= 11 is 0. The highest BCUT2D eigenvalue weighted by molar-refractivity contribution is 6.42. The van der Waals surface area contributed by atoms with E-state index in [1.54, 1.807) is 19.2 Å². The van der Waals surface area contributed by atoms with E-state index in [4.69, 9.17) is 4.74 Å². The van der Waals surface area contributed by atoms with Crippen molar-refractivity contribution in [3.8, 4) is 0 Å². The molecule has 1 saturated heterocycles. The molecule has 136 valence electrons. The number of benzene rings is 2. The second kappa shape index (κ2) is 8.15. The number of amides is 1. The highest BCUT2D eigenvalue weighted by Gasteiger charge is 2.20. The van der Waals surface area contributed by atoms with Gasteiger partial charge in [0.2, 0.25) is 5.78 Å². The van der Waals surface area contributed by atoms with Gasteiger partial charge in [0, 0.05) is 37.9 Å². The third-order valence-corrected chi connectivity index (χ3v) is 4.59. The maximum Gasteiger partial charge on any atom is 0.294 e. The molecular formula is C21H24N2O3. The van der Waals surface area contributed by atoms with E-state index in [2.05, 4.69) is 17.0 Å². The largest absolute Gasteiger partial charge is 0.378 e. The lowest BCUT2D eigenvalue weighted by Crippen LogP contribution is -2.36. The Balaban J connectivity index is 1.61. The van der Waals surface area contributed by atoms with Crippen LogP contribution in [0, 0.1) is 6.92 Å². The van der Waals surface area contributed by atoms with Crippen molar-refractivity contribution >= 4 is 17.4 Å². The van der Waals surface area contributed by atoms with E-state index in [1.807, 2.05) is 31.2 Å². The zero-order valence-corrected chi connectivity index (χ0v) is 15.3. The molecular weight excluding hydrogens is 328 g/mol. The summed E-state index contributed by atoms with van der Waals surface area (Å²) in [4.78, 5) is 28.5. The molecule has 1 amide bonds. The maximum absolute atomic E-state index is 12.4. The molecule has 0 spiro atoms. The molecule has 0 unspecified atom stereocenters. The van der Waals surface area contributed by atoms with Crippen molar-refractivity contribution in [3.05, 3.63) is 65.2 Å². The number of carbonyl (C=O) groups is 2. The minimum Gasteiger partial charge on any atom is -0.378 e. The zero-order chi connectivity index (χ0) is 18.5. The molecule has 0 aliphatic carbocycles. The molecule has 26 heavy (non-hydrogen) atoms. The zero-order valence-electron chi connectivity index (χ0n) is 15.3. The first-order chi connectivity index (χ1) is 12.5. The van der Waals surface area contributed by atoms with Gasteiger partial charge in [0.1, 0.15) is 0 Å². The Hall–Kier alpha value is -2.66. The number of ketones is 1. The Morgan fingerprint density at radius 2 is 1.62 bits per heavy atom. The van der Waals surface area contributed by atoms with Crippen LogP contribution in [0.2, 0.25) is 0 Å². The fourth-order valence-electron chi connectivity index (χ4n) is 2.98. The molecule has 2 aromatic carbocycles. The first-order valence-electron chi connectivity index (χ1n) is 8.82. The molecule has 0 bridgehead atoms. The molecule has 5 nitrogen and oxygen atoms in total. The van der Waals surface area contributed by atoms with Crippen LogP contribution in [0.25, 0.3) is 0 Å². The maximum atomic E-state index is 12.4. The Kier molecular flexibility index (Phi) is 5.68. The Morgan fingerprint density at radius 1 is 1.00 bits per heavy atom. The summed E-state index contributed by atoms with van der Waals surface area (Å²) in [6.45, 7) is 5.63. The van der Waals surface area contributed by atoms with Crippen LogP contribution in [-0.4, -0.2) is 49.9 Å². The molecule has 1 aliphatic rings. The van der Waals surface area contributed by atoms with Gasteiger partial charge in [-0.05, 0) is 24.6 Å². The molecule has 1 aliphatic heterocycles. The third kappa shape index (κ3) is 4.29. The van der Waals surface area contributed by atoms with Crippen LogP contribution in [0.15, 0.2) is 48.5 Å². The van der Waals surface area contributed by atoms with Crippen LogP contribution >= 0.6 is 0 Å². The highest BCUT2D eigenvalue weighted by Crippen LogP contribution is 2.17. The molecule has 0 saturated carbocycles. The molecule has 1 heterocycles. The molecule has 2 aromatic rings. The molecule has 3 rings (SSSR count). The molecule has 0 aromatic heterocycles. The smallest absolute Gasteiger partial charge is 0.294 e. The molecule has 5 heteroatoms. The van der Waals surface area contributed by atoms with Crippen molar-refractivity contribution in [2.24, 2.45) is 0 Å². The van der Waals surface area contributed by atoms with E-state index in [9.17, 15) is 9.59 Å². The number of nitrogens with zero attached hydrogens (tertiary/aromatic N) is 2. The van der Waals surface area contributed by atoms with E-state index < -0.39 is 11.7 Å². The SMILES string of the molecule is Cc1ccc(C(=O)C(=O)N(C)Cc2ccc(N3CCOCC3)cc2)cc1. The first-order valence-corrected chi connectivity index (χ1v) is 8.82. The van der Waals surface area contributed by atoms with E-state index in [0.717, 1.165) is 43.1 Å². The lowest BCUT2D eigenvalue weighted by molar-refractivity contribution is -0.125. The van der Waals surface area contributed by atoms with Gasteiger partial charge < -0.3 is 14.5 Å². The molecule has 1 fully saturated rings. The highest BCUT2D eigenvalue weighted by atomic mass is 16.5. The van der Waals surface area contributed by atoms with Gasteiger partial charge in [-0.25, -0.2) is 0 Å². The number of hydrogen-bond donors (Lipinski definition) is 0. The predicted molar refractivity (Wildman–Crippen MR) is 101 cm³/mol. The van der Waals surface area contributed by atoms with Crippen LogP contribution in [0.1, 0.15) is 21.5 Å². The van der Waals surface area contributed by atoms with Gasteiger partial charge in [-0.3, -0.25) is 9.59 Å². The Labute approximate surface area is 154 Å². The summed E-state index contributed by atoms with van der Waals surface area (Å²) < 4.78 is 5.37. The van der Waals surface area contributed by atoms with Gasteiger partial charge in [-0.2, -0.15) is 0 Å². The second-order valence-electron chi connectivity index (χ2n) is 6.62. The first kappa shape index (κ1) is 18.1. The van der Waals surface area contributed by atoms with E-state index in [-0.39, 0.29) is 0 Å². The number of carbonyl (C=O) groups excluding carboxylic acids is 2. The monoisotopic (exact) mass is 352 g/mol. The molecule has 0 N–H and O–H groups in total. The van der Waals surface area contributed by atoms with Gasteiger partial charge in [-0.1, -0.05) is 42.0 Å². The van der Waals surface area contributed by atoms with Gasteiger partial charge in [0.05, 0.1) is 13.2 Å². The third-order valence-electron chi connectivity index (χ3n) is 4.59. The van der Waals surface area contributed by atoms with Crippen LogP contribution in [-0.2, 0) is 16.1 Å². The van der Waals surface area contributed by atoms with Crippen molar-refractivity contribution < 1.29 is 14.3 Å². The number of Topliss-reactive ketones (excluding diaryl/α,β-unsaturated/α-hetero) is 1. The average molecular weight is 352 g/mol. The lowest BCUT2D eigenvalue weighted by Gasteiger charge is -2.29. The van der Waals surface area contributed by atoms with Gasteiger partial charge in [0.15, 0.2) is 0 Å². The van der Waals surface area contributed by atoms with Crippen LogP contribution in [0.4, 0.5) is 5.69 Å². The number of anilines is 1. The van der Waals surface area contributed by atoms with Gasteiger partial charge in [0.25, 0.3) is 5.91 Å². The van der Waals surface area contributed by atoms with Crippen molar-refractivity contribution in [2.45, 2.75) is 13.5 Å². The predicted octanol–water partition coefficient (Wildman–Crippen LogP) is 2.67. The Bertz CT molecular complexity index is 763. The number of likely N-dealkylation sites (N-methyl/N-ethyl adjacent to an activating group) is 1. The number of rotatable bonds is 5. The summed E-state index contributed by atoms with van der Waals surface area (Å²) in [6.07, 6.45) is 0. The lowest BCUT2D eigenvalue weighted by atomic mass is 10.1. The van der Waals surface area contributed by atoms with Crippen molar-refractivity contribution in [1.29, 1.82) is 0 Å². The van der Waals surface area contributed by atoms with Crippen molar-refractivity contribution in [3.63, 3.8) is 0 Å². The minimum absolute atomic E-state index is 0.403. The van der Waals surface area contributed by atoms with Gasteiger partial charge >= 0.3 is 0 Å². The quantitative estimate of drug-likeness (QED) is 0.613. The number of hydrogen-bond acceptors (Lipinski definition) is 4. The van der Waals surface area contributed by atoms with E-state index in [1.165, 1.54) is 4.90 Å². The number of morpholine rings is 1. The molecule has 0 atom stereocenters. The topological polar surface area (TPSA) is 49.9 Å². The normalized spacial score (nSPS) is 14.2.